The van der Waals surface area contributed by atoms with Crippen LogP contribution < -0.4 is 0 Å². The van der Waals surface area contributed by atoms with E-state index in [2.05, 4.69) is 25.7 Å². The molecule has 0 aromatic carbocycles. The Kier molecular flexibility index (Phi) is 12.7. The van der Waals surface area contributed by atoms with Gasteiger partial charge in [0.25, 0.3) is 0 Å². The maximum absolute atomic E-state index is 9.50. The topological polar surface area (TPSA) is 12.5 Å². The molecule has 0 saturated carbocycles. The van der Waals surface area contributed by atoms with Crippen molar-refractivity contribution < 1.29 is 9.13 Å². The van der Waals surface area contributed by atoms with Gasteiger partial charge in [-0.1, -0.05) is 13.8 Å². The predicted octanol–water partition coefficient (Wildman–Crippen LogP) is 2.73. The lowest BCUT2D eigenvalue weighted by molar-refractivity contribution is -0.0288. The molecule has 0 spiro atoms. The summed E-state index contributed by atoms with van der Waals surface area (Å²) in [4.78, 5) is 2.45. The molecule has 1 unspecified atom stereocenters. The lowest BCUT2D eigenvalue weighted by Crippen LogP contribution is -2.44. The number of hydrogen-bond acceptors (Lipinski definition) is 2. The maximum Gasteiger partial charge on any atom is 0.0785 e. The van der Waals surface area contributed by atoms with Gasteiger partial charge in [-0.2, -0.15) is 0 Å². The molecule has 1 saturated heterocycles. The van der Waals surface area contributed by atoms with Gasteiger partial charge in [-0.05, 0) is 20.8 Å². The van der Waals surface area contributed by atoms with Gasteiger partial charge in [-0.3, -0.25) is 9.29 Å². The van der Waals surface area contributed by atoms with Gasteiger partial charge in [0.2, 0.25) is 0 Å². The first-order valence-electron chi connectivity index (χ1n) is 5.43. The van der Waals surface area contributed by atoms with Crippen LogP contribution in [0.15, 0.2) is 0 Å². The molecule has 1 fully saturated rings. The molecule has 0 amide bonds. The summed E-state index contributed by atoms with van der Waals surface area (Å²) < 4.78 is 14.9. The highest BCUT2D eigenvalue weighted by molar-refractivity contribution is 4.70. The normalized spacial score (nSPS) is 21.9. The average Bonchev–Trinajstić information content (AvgIpc) is 2.24. The Morgan fingerprint density at radius 2 is 1.79 bits per heavy atom. The fraction of sp³-hybridized carbons (Fsp3) is 1.00. The third-order valence-corrected chi connectivity index (χ3v) is 2.00. The van der Waals surface area contributed by atoms with Crippen molar-refractivity contribution in [3.63, 3.8) is 0 Å². The SMILES string of the molecule is CC.CC1CN(C(C)C)CCO1.CF. The van der Waals surface area contributed by atoms with Crippen LogP contribution in [0.25, 0.3) is 0 Å². The van der Waals surface area contributed by atoms with Gasteiger partial charge in [0, 0.05) is 19.1 Å². The summed E-state index contributed by atoms with van der Waals surface area (Å²) >= 11 is 0. The summed E-state index contributed by atoms with van der Waals surface area (Å²) in [6, 6.07) is 0.673. The number of halogens is 1. The smallest absolute Gasteiger partial charge is 0.0785 e. The van der Waals surface area contributed by atoms with Crippen molar-refractivity contribution in [1.29, 1.82) is 0 Å². The van der Waals surface area contributed by atoms with E-state index in [0.717, 1.165) is 19.7 Å². The molecule has 1 heterocycles. The van der Waals surface area contributed by atoms with Crippen LogP contribution in [0.1, 0.15) is 34.6 Å². The highest BCUT2D eigenvalue weighted by Gasteiger charge is 2.17. The summed E-state index contributed by atoms with van der Waals surface area (Å²) in [5.74, 6) is 0. The highest BCUT2D eigenvalue weighted by atomic mass is 19.1. The van der Waals surface area contributed by atoms with E-state index in [1.54, 1.807) is 0 Å². The molecular formula is C11H26FNO. The Morgan fingerprint density at radius 3 is 2.07 bits per heavy atom. The Labute approximate surface area is 88.4 Å². The number of alkyl halides is 1. The molecule has 0 aliphatic carbocycles. The van der Waals surface area contributed by atoms with Crippen molar-refractivity contribution >= 4 is 0 Å². The van der Waals surface area contributed by atoms with Gasteiger partial charge in [-0.15, -0.1) is 0 Å². The average molecular weight is 207 g/mol. The molecule has 1 rings (SSSR count). The third-order valence-electron chi connectivity index (χ3n) is 2.00. The minimum absolute atomic E-state index is 0.427. The van der Waals surface area contributed by atoms with Crippen LogP contribution in [0.2, 0.25) is 0 Å². The molecule has 0 aromatic rings. The molecule has 88 valence electrons. The fourth-order valence-corrected chi connectivity index (χ4v) is 1.31. The van der Waals surface area contributed by atoms with E-state index >= 15 is 0 Å². The van der Waals surface area contributed by atoms with E-state index in [4.69, 9.17) is 4.74 Å². The molecule has 0 radical (unpaired) electrons. The van der Waals surface area contributed by atoms with Gasteiger partial charge in [0.1, 0.15) is 0 Å². The first-order valence-corrected chi connectivity index (χ1v) is 5.43. The van der Waals surface area contributed by atoms with Crippen molar-refractivity contribution in [2.75, 3.05) is 26.9 Å². The van der Waals surface area contributed by atoms with Crippen LogP contribution in [-0.2, 0) is 4.74 Å². The lowest BCUT2D eigenvalue weighted by Gasteiger charge is -2.33. The van der Waals surface area contributed by atoms with Gasteiger partial charge in [0.05, 0.1) is 19.9 Å². The Hall–Kier alpha value is -0.150. The second-order valence-corrected chi connectivity index (χ2v) is 3.27. The van der Waals surface area contributed by atoms with Gasteiger partial charge in [0.15, 0.2) is 0 Å². The summed E-state index contributed by atoms with van der Waals surface area (Å²) in [7, 11) is 0.500. The molecule has 2 nitrogen and oxygen atoms in total. The van der Waals surface area contributed by atoms with Crippen LogP contribution >= 0.6 is 0 Å². The van der Waals surface area contributed by atoms with Gasteiger partial charge in [-0.25, -0.2) is 0 Å². The van der Waals surface area contributed by atoms with E-state index in [-0.39, 0.29) is 0 Å². The van der Waals surface area contributed by atoms with E-state index in [1.165, 1.54) is 0 Å². The van der Waals surface area contributed by atoms with Crippen LogP contribution in [0, 0.1) is 0 Å². The number of ether oxygens (including phenoxy) is 1. The van der Waals surface area contributed by atoms with Crippen LogP contribution in [0.4, 0.5) is 4.39 Å². The third kappa shape index (κ3) is 7.27. The van der Waals surface area contributed by atoms with Crippen LogP contribution in [0.5, 0.6) is 0 Å². The first-order chi connectivity index (χ1) is 6.70. The maximum atomic E-state index is 9.50. The highest BCUT2D eigenvalue weighted by Crippen LogP contribution is 2.07. The second kappa shape index (κ2) is 10.9. The summed E-state index contributed by atoms with van der Waals surface area (Å²) in [6.45, 7) is 13.7. The molecule has 3 heteroatoms. The molecule has 14 heavy (non-hydrogen) atoms. The van der Waals surface area contributed by atoms with Gasteiger partial charge < -0.3 is 4.74 Å². The lowest BCUT2D eigenvalue weighted by atomic mass is 10.2. The van der Waals surface area contributed by atoms with E-state index in [1.807, 2.05) is 13.8 Å². The van der Waals surface area contributed by atoms with Crippen LogP contribution in [0.3, 0.4) is 0 Å². The first kappa shape index (κ1) is 16.3. The van der Waals surface area contributed by atoms with Crippen molar-refractivity contribution in [1.82, 2.24) is 4.90 Å². The number of rotatable bonds is 1. The van der Waals surface area contributed by atoms with E-state index in [0.29, 0.717) is 19.3 Å². The number of morpholine rings is 1. The largest absolute Gasteiger partial charge is 0.376 e. The zero-order valence-corrected chi connectivity index (χ0v) is 10.5. The Balaban J connectivity index is 0. The van der Waals surface area contributed by atoms with Crippen molar-refractivity contribution in [2.45, 2.75) is 46.8 Å². The Morgan fingerprint density at radius 1 is 1.29 bits per heavy atom. The molecule has 1 aliphatic heterocycles. The zero-order chi connectivity index (χ0) is 11.6. The fourth-order valence-electron chi connectivity index (χ4n) is 1.31. The molecule has 0 N–H and O–H groups in total. The number of hydrogen-bond donors (Lipinski definition) is 0. The summed E-state index contributed by atoms with van der Waals surface area (Å²) in [5, 5.41) is 0. The van der Waals surface area contributed by atoms with E-state index in [9.17, 15) is 4.39 Å². The minimum Gasteiger partial charge on any atom is -0.376 e. The molecule has 0 aromatic heterocycles. The predicted molar refractivity (Wildman–Crippen MR) is 60.5 cm³/mol. The zero-order valence-electron chi connectivity index (χ0n) is 10.5. The molecule has 0 bridgehead atoms. The quantitative estimate of drug-likeness (QED) is 0.655. The molecular weight excluding hydrogens is 181 g/mol. The standard InChI is InChI=1S/C8H17NO.C2H6.CH3F/c1-7(2)9-4-5-10-8(3)6-9;2*1-2/h7-8H,4-6H2,1-3H3;1-2H3;1H3. The van der Waals surface area contributed by atoms with Crippen molar-refractivity contribution in [3.8, 4) is 0 Å². The molecule has 1 atom stereocenters. The van der Waals surface area contributed by atoms with Crippen molar-refractivity contribution in [3.05, 3.63) is 0 Å². The second-order valence-electron chi connectivity index (χ2n) is 3.27. The van der Waals surface area contributed by atoms with E-state index < -0.39 is 0 Å². The Bertz CT molecular complexity index is 109. The van der Waals surface area contributed by atoms with Crippen LogP contribution in [-0.4, -0.2) is 43.9 Å². The number of nitrogens with zero attached hydrogens (tertiary/aromatic N) is 1. The minimum atomic E-state index is 0.427. The van der Waals surface area contributed by atoms with Gasteiger partial charge >= 0.3 is 0 Å². The molecule has 1 aliphatic rings. The monoisotopic (exact) mass is 207 g/mol. The summed E-state index contributed by atoms with van der Waals surface area (Å²) in [6.07, 6.45) is 0.427. The summed E-state index contributed by atoms with van der Waals surface area (Å²) in [5.41, 5.74) is 0. The van der Waals surface area contributed by atoms with Crippen molar-refractivity contribution in [2.24, 2.45) is 0 Å².